The number of nitrogens with one attached hydrogen (secondary N) is 2. The molecule has 1 amide bonds. The lowest BCUT2D eigenvalue weighted by atomic mass is 10.1. The van der Waals surface area contributed by atoms with Gasteiger partial charge in [0.25, 0.3) is 11.5 Å². The van der Waals surface area contributed by atoms with Crippen molar-refractivity contribution in [2.75, 3.05) is 31.6 Å². The number of aromatic nitrogens is 2. The van der Waals surface area contributed by atoms with Crippen LogP contribution in [-0.2, 0) is 14.8 Å². The van der Waals surface area contributed by atoms with Crippen LogP contribution in [-0.4, -0.2) is 55.1 Å². The molecule has 156 valence electrons. The lowest BCUT2D eigenvalue weighted by Gasteiger charge is -2.26. The molecule has 2 aromatic carbocycles. The Bertz CT molecular complexity index is 1290. The third kappa shape index (κ3) is 3.70. The minimum atomic E-state index is -4.09. The van der Waals surface area contributed by atoms with E-state index in [1.165, 1.54) is 6.07 Å². The van der Waals surface area contributed by atoms with Gasteiger partial charge in [0.15, 0.2) is 5.69 Å². The van der Waals surface area contributed by atoms with Crippen LogP contribution in [0.15, 0.2) is 52.2 Å². The van der Waals surface area contributed by atoms with E-state index in [1.807, 2.05) is 0 Å². The van der Waals surface area contributed by atoms with Crippen molar-refractivity contribution in [1.82, 2.24) is 14.5 Å². The average molecular weight is 432 g/mol. The third-order valence-corrected chi connectivity index (χ3v) is 6.60. The molecule has 2 N–H and O–H groups in total. The molecule has 1 fully saturated rings. The lowest BCUT2D eigenvalue weighted by molar-refractivity contribution is 0.0729. The first-order valence-electron chi connectivity index (χ1n) is 9.04. The highest BCUT2D eigenvalue weighted by Gasteiger charge is 2.29. The fourth-order valence-corrected chi connectivity index (χ4v) is 4.68. The van der Waals surface area contributed by atoms with Crippen molar-refractivity contribution in [3.63, 3.8) is 0 Å². The second-order valence-electron chi connectivity index (χ2n) is 6.56. The zero-order chi connectivity index (χ0) is 21.3. The molecule has 30 heavy (non-hydrogen) atoms. The number of rotatable bonds is 4. The van der Waals surface area contributed by atoms with Gasteiger partial charge in [0, 0.05) is 24.2 Å². The highest BCUT2D eigenvalue weighted by atomic mass is 32.2. The van der Waals surface area contributed by atoms with Crippen molar-refractivity contribution < 1.29 is 22.3 Å². The maximum atomic E-state index is 14.3. The van der Waals surface area contributed by atoms with Gasteiger partial charge in [-0.25, -0.2) is 17.9 Å². The normalized spacial score (nSPS) is 15.2. The first kappa shape index (κ1) is 20.1. The summed E-state index contributed by atoms with van der Waals surface area (Å²) in [6.45, 7) is 0.682. The quantitative estimate of drug-likeness (QED) is 0.642. The minimum Gasteiger partial charge on any atom is -0.379 e. The topological polar surface area (TPSA) is 121 Å². The number of ether oxygens (including phenoxy) is 1. The summed E-state index contributed by atoms with van der Waals surface area (Å²) in [7, 11) is -4.09. The van der Waals surface area contributed by atoms with Crippen molar-refractivity contribution in [2.24, 2.45) is 0 Å². The summed E-state index contributed by atoms with van der Waals surface area (Å²) in [5.74, 6) is -1.60. The molecule has 4 rings (SSSR count). The van der Waals surface area contributed by atoms with E-state index in [9.17, 15) is 22.4 Å². The van der Waals surface area contributed by atoms with Crippen LogP contribution in [0.3, 0.4) is 0 Å². The molecule has 1 aliphatic rings. The summed E-state index contributed by atoms with van der Waals surface area (Å²) in [4.78, 5) is 24.1. The fourth-order valence-electron chi connectivity index (χ4n) is 3.18. The number of H-pyrrole nitrogens is 1. The van der Waals surface area contributed by atoms with Gasteiger partial charge in [0.2, 0.25) is 10.0 Å². The Hall–Kier alpha value is -3.15. The Morgan fingerprint density at radius 3 is 2.57 bits per heavy atom. The van der Waals surface area contributed by atoms with E-state index in [1.54, 1.807) is 24.3 Å². The second-order valence-corrected chi connectivity index (χ2v) is 8.47. The minimum absolute atomic E-state index is 0.0490. The molecule has 3 aromatic rings. The van der Waals surface area contributed by atoms with E-state index < -0.39 is 32.2 Å². The smallest absolute Gasteiger partial charge is 0.276 e. The second kappa shape index (κ2) is 7.94. The molecule has 9 nitrogen and oxygen atoms in total. The van der Waals surface area contributed by atoms with Crippen LogP contribution in [0.5, 0.6) is 0 Å². The maximum Gasteiger partial charge on any atom is 0.276 e. The van der Waals surface area contributed by atoms with Crippen molar-refractivity contribution in [2.45, 2.75) is 4.90 Å². The molecule has 0 spiro atoms. The van der Waals surface area contributed by atoms with Crippen molar-refractivity contribution >= 4 is 32.4 Å². The van der Waals surface area contributed by atoms with Crippen LogP contribution < -0.4 is 10.9 Å². The Morgan fingerprint density at radius 1 is 1.13 bits per heavy atom. The van der Waals surface area contributed by atoms with Crippen LogP contribution in [0.25, 0.3) is 10.8 Å². The summed E-state index contributed by atoms with van der Waals surface area (Å²) in [6.07, 6.45) is 0. The van der Waals surface area contributed by atoms with E-state index in [4.69, 9.17) is 4.74 Å². The van der Waals surface area contributed by atoms with E-state index in [0.717, 1.165) is 16.4 Å². The number of sulfonamides is 1. The number of hydrogen-bond donors (Lipinski definition) is 2. The standard InChI is InChI=1S/C19H17FN4O5S/c20-15-6-5-12(11-16(15)30(27,28)24-7-9-29-10-8-24)21-19(26)17-13-3-1-2-4-14(13)18(25)23-22-17/h1-6,11H,7-10H2,(H,21,26)(H,23,25). The Balaban J connectivity index is 1.67. The number of aromatic amines is 1. The van der Waals surface area contributed by atoms with Gasteiger partial charge in [0.05, 0.1) is 18.6 Å². The van der Waals surface area contributed by atoms with Gasteiger partial charge >= 0.3 is 0 Å². The molecular weight excluding hydrogens is 415 g/mol. The van der Waals surface area contributed by atoms with E-state index in [2.05, 4.69) is 15.5 Å². The third-order valence-electron chi connectivity index (χ3n) is 4.69. The highest BCUT2D eigenvalue weighted by Crippen LogP contribution is 2.24. The molecular formula is C19H17FN4O5S. The SMILES string of the molecule is O=C(Nc1ccc(F)c(S(=O)(=O)N2CCOCC2)c1)c1n[nH]c(=O)c2ccccc12. The van der Waals surface area contributed by atoms with Crippen LogP contribution in [0.1, 0.15) is 10.5 Å². The molecule has 2 heterocycles. The van der Waals surface area contributed by atoms with Crippen LogP contribution in [0, 0.1) is 5.82 Å². The molecule has 11 heteroatoms. The van der Waals surface area contributed by atoms with Gasteiger partial charge in [-0.15, -0.1) is 0 Å². The summed E-state index contributed by atoms with van der Waals surface area (Å²) < 4.78 is 46.2. The number of morpholine rings is 1. The summed E-state index contributed by atoms with van der Waals surface area (Å²) >= 11 is 0. The number of amides is 1. The first-order chi connectivity index (χ1) is 14.4. The molecule has 0 aliphatic carbocycles. The molecule has 1 aromatic heterocycles. The zero-order valence-corrected chi connectivity index (χ0v) is 16.4. The summed E-state index contributed by atoms with van der Waals surface area (Å²) in [5.41, 5.74) is -0.416. The van der Waals surface area contributed by atoms with Crippen molar-refractivity contribution in [3.8, 4) is 0 Å². The fraction of sp³-hybridized carbons (Fsp3) is 0.211. The molecule has 0 saturated carbocycles. The summed E-state index contributed by atoms with van der Waals surface area (Å²) in [6, 6.07) is 9.73. The maximum absolute atomic E-state index is 14.3. The van der Waals surface area contributed by atoms with Gasteiger partial charge in [-0.2, -0.15) is 9.40 Å². The lowest BCUT2D eigenvalue weighted by Crippen LogP contribution is -2.40. The molecule has 0 bridgehead atoms. The van der Waals surface area contributed by atoms with Gasteiger partial charge in [-0.1, -0.05) is 18.2 Å². The van der Waals surface area contributed by atoms with E-state index in [-0.39, 0.29) is 43.1 Å². The number of nitrogens with zero attached hydrogens (tertiary/aromatic N) is 2. The number of carbonyl (C=O) groups is 1. The van der Waals surface area contributed by atoms with E-state index >= 15 is 0 Å². The van der Waals surface area contributed by atoms with Crippen LogP contribution >= 0.6 is 0 Å². The molecule has 0 atom stereocenters. The van der Waals surface area contributed by atoms with Gasteiger partial charge < -0.3 is 10.1 Å². The Morgan fingerprint density at radius 2 is 1.83 bits per heavy atom. The number of benzene rings is 2. The molecule has 1 saturated heterocycles. The number of carbonyl (C=O) groups excluding carboxylic acids is 1. The average Bonchev–Trinajstić information content (AvgIpc) is 2.76. The molecule has 1 aliphatic heterocycles. The zero-order valence-electron chi connectivity index (χ0n) is 15.6. The van der Waals surface area contributed by atoms with Crippen molar-refractivity contribution in [1.29, 1.82) is 0 Å². The van der Waals surface area contributed by atoms with Gasteiger partial charge in [-0.05, 0) is 24.3 Å². The number of halogens is 1. The number of anilines is 1. The predicted octanol–water partition coefficient (Wildman–Crippen LogP) is 1.34. The number of hydrogen-bond acceptors (Lipinski definition) is 6. The van der Waals surface area contributed by atoms with Crippen molar-refractivity contribution in [3.05, 3.63) is 64.3 Å². The first-order valence-corrected chi connectivity index (χ1v) is 10.5. The van der Waals surface area contributed by atoms with Gasteiger partial charge in [-0.3, -0.25) is 9.59 Å². The Kier molecular flexibility index (Phi) is 5.33. The highest BCUT2D eigenvalue weighted by molar-refractivity contribution is 7.89. The summed E-state index contributed by atoms with van der Waals surface area (Å²) in [5, 5.41) is 9.19. The monoisotopic (exact) mass is 432 g/mol. The molecule has 0 radical (unpaired) electrons. The largest absolute Gasteiger partial charge is 0.379 e. The number of fused-ring (bicyclic) bond motifs is 1. The Labute approximate surface area is 170 Å². The van der Waals surface area contributed by atoms with E-state index in [0.29, 0.717) is 5.39 Å². The molecule has 0 unspecified atom stereocenters. The predicted molar refractivity (Wildman–Crippen MR) is 106 cm³/mol. The van der Waals surface area contributed by atoms with Crippen LogP contribution in [0.4, 0.5) is 10.1 Å². The van der Waals surface area contributed by atoms with Crippen LogP contribution in [0.2, 0.25) is 0 Å². The van der Waals surface area contributed by atoms with Gasteiger partial charge in [0.1, 0.15) is 10.7 Å².